The van der Waals surface area contributed by atoms with Crippen LogP contribution in [0.2, 0.25) is 0 Å². The van der Waals surface area contributed by atoms with Crippen LogP contribution in [0.15, 0.2) is 103 Å². The highest BCUT2D eigenvalue weighted by Gasteiger charge is 2.22. The summed E-state index contributed by atoms with van der Waals surface area (Å²) in [4.78, 5) is 13.1. The van der Waals surface area contributed by atoms with E-state index in [0.29, 0.717) is 0 Å². The number of hydrogen-bond donors (Lipinski definition) is 1. The summed E-state index contributed by atoms with van der Waals surface area (Å²) in [6.07, 6.45) is 0. The molecule has 0 spiro atoms. The van der Waals surface area contributed by atoms with Crippen LogP contribution in [0.1, 0.15) is 17.0 Å². The molecule has 0 unspecified atom stereocenters. The van der Waals surface area contributed by atoms with E-state index in [9.17, 15) is 4.79 Å². The highest BCUT2D eigenvalue weighted by molar-refractivity contribution is 5.99. The molecule has 0 saturated heterocycles. The smallest absolute Gasteiger partial charge is 0.236 e. The fraction of sp³-hybridized carbons (Fsp3) is 0.0417. The molecule has 0 aliphatic carbocycles. The molecule has 0 aliphatic rings. The van der Waals surface area contributed by atoms with Gasteiger partial charge in [-0.15, -0.1) is 0 Å². The largest absolute Gasteiger partial charge is 0.325 e. The Balaban J connectivity index is 1.68. The van der Waals surface area contributed by atoms with Crippen molar-refractivity contribution in [1.82, 2.24) is 0 Å². The zero-order chi connectivity index (χ0) is 17.8. The predicted octanol–water partition coefficient (Wildman–Crippen LogP) is 5.61. The Hall–Kier alpha value is -3.39. The molecule has 0 aromatic heterocycles. The maximum Gasteiger partial charge on any atom is 0.236 e. The van der Waals surface area contributed by atoms with Gasteiger partial charge in [0, 0.05) is 5.69 Å². The predicted molar refractivity (Wildman–Crippen MR) is 107 cm³/mol. The van der Waals surface area contributed by atoms with Crippen LogP contribution in [-0.4, -0.2) is 5.91 Å². The van der Waals surface area contributed by atoms with E-state index in [0.717, 1.165) is 27.6 Å². The van der Waals surface area contributed by atoms with Gasteiger partial charge in [-0.1, -0.05) is 91.0 Å². The van der Waals surface area contributed by atoms with E-state index < -0.39 is 0 Å². The monoisotopic (exact) mass is 337 g/mol. The minimum atomic E-state index is -0.344. The number of benzene rings is 4. The molecule has 0 aliphatic heterocycles. The summed E-state index contributed by atoms with van der Waals surface area (Å²) in [5.74, 6) is -0.374. The zero-order valence-electron chi connectivity index (χ0n) is 14.3. The van der Waals surface area contributed by atoms with Gasteiger partial charge in [-0.2, -0.15) is 0 Å². The maximum atomic E-state index is 13.1. The first-order valence-corrected chi connectivity index (χ1v) is 8.71. The Morgan fingerprint density at radius 2 is 1.15 bits per heavy atom. The topological polar surface area (TPSA) is 29.1 Å². The third kappa shape index (κ3) is 3.35. The summed E-state index contributed by atoms with van der Waals surface area (Å²) in [7, 11) is 0. The molecular weight excluding hydrogens is 318 g/mol. The number of carbonyl (C=O) groups excluding carboxylic acids is 1. The maximum absolute atomic E-state index is 13.1. The molecule has 4 rings (SSSR count). The quantitative estimate of drug-likeness (QED) is 0.515. The number of carbonyl (C=O) groups is 1. The molecule has 2 heteroatoms. The lowest BCUT2D eigenvalue weighted by Gasteiger charge is -2.18. The first kappa shape index (κ1) is 16.1. The van der Waals surface area contributed by atoms with Crippen molar-refractivity contribution in [2.24, 2.45) is 0 Å². The molecule has 4 aromatic carbocycles. The minimum Gasteiger partial charge on any atom is -0.325 e. The molecule has 26 heavy (non-hydrogen) atoms. The number of fused-ring (bicyclic) bond motifs is 1. The second-order valence-corrected chi connectivity index (χ2v) is 6.31. The number of hydrogen-bond acceptors (Lipinski definition) is 1. The van der Waals surface area contributed by atoms with Crippen molar-refractivity contribution in [3.05, 3.63) is 114 Å². The van der Waals surface area contributed by atoms with Crippen LogP contribution in [0.4, 0.5) is 5.69 Å². The molecule has 1 amide bonds. The van der Waals surface area contributed by atoms with E-state index in [1.165, 1.54) is 0 Å². The summed E-state index contributed by atoms with van der Waals surface area (Å²) in [5.41, 5.74) is 2.78. The zero-order valence-corrected chi connectivity index (χ0v) is 14.3. The average molecular weight is 337 g/mol. The lowest BCUT2D eigenvalue weighted by atomic mass is 9.90. The fourth-order valence-electron chi connectivity index (χ4n) is 3.27. The van der Waals surface area contributed by atoms with Crippen molar-refractivity contribution in [1.29, 1.82) is 0 Å². The molecule has 0 heterocycles. The van der Waals surface area contributed by atoms with Gasteiger partial charge in [-0.05, 0) is 34.0 Å². The van der Waals surface area contributed by atoms with Gasteiger partial charge in [-0.3, -0.25) is 4.79 Å². The average Bonchev–Trinajstić information content (AvgIpc) is 2.70. The van der Waals surface area contributed by atoms with Crippen LogP contribution in [0.5, 0.6) is 0 Å². The van der Waals surface area contributed by atoms with Gasteiger partial charge >= 0.3 is 0 Å². The summed E-state index contributed by atoms with van der Waals surface area (Å²) < 4.78 is 0. The van der Waals surface area contributed by atoms with E-state index in [1.54, 1.807) is 0 Å². The van der Waals surface area contributed by atoms with Crippen molar-refractivity contribution in [2.45, 2.75) is 5.92 Å². The molecular formula is C24H19NO. The Kier molecular flexibility index (Phi) is 4.48. The van der Waals surface area contributed by atoms with Gasteiger partial charge < -0.3 is 5.32 Å². The summed E-state index contributed by atoms with van der Waals surface area (Å²) >= 11 is 0. The number of nitrogens with one attached hydrogen (secondary N) is 1. The summed E-state index contributed by atoms with van der Waals surface area (Å²) in [5, 5.41) is 5.36. The molecule has 0 atom stereocenters. The van der Waals surface area contributed by atoms with Gasteiger partial charge in [0.1, 0.15) is 0 Å². The highest BCUT2D eigenvalue weighted by Crippen LogP contribution is 2.27. The van der Waals surface area contributed by atoms with E-state index in [-0.39, 0.29) is 11.8 Å². The second-order valence-electron chi connectivity index (χ2n) is 6.31. The third-order valence-electron chi connectivity index (χ3n) is 4.55. The Morgan fingerprint density at radius 1 is 0.615 bits per heavy atom. The lowest BCUT2D eigenvalue weighted by Crippen LogP contribution is -2.22. The molecule has 0 radical (unpaired) electrons. The van der Waals surface area contributed by atoms with Crippen LogP contribution in [0.25, 0.3) is 10.8 Å². The highest BCUT2D eigenvalue weighted by atomic mass is 16.1. The van der Waals surface area contributed by atoms with Crippen molar-refractivity contribution in [3.63, 3.8) is 0 Å². The molecule has 0 bridgehead atoms. The van der Waals surface area contributed by atoms with Gasteiger partial charge in [0.25, 0.3) is 0 Å². The molecule has 0 saturated carbocycles. The minimum absolute atomic E-state index is 0.0299. The standard InChI is InChI=1S/C24H19NO/c26-24(25-22-16-15-18-9-7-8-14-21(18)17-22)23(19-10-3-1-4-11-19)20-12-5-2-6-13-20/h1-17,23H,(H,25,26). The Morgan fingerprint density at radius 3 is 1.77 bits per heavy atom. The van der Waals surface area contributed by atoms with Gasteiger partial charge in [0.05, 0.1) is 5.92 Å². The molecule has 4 aromatic rings. The molecule has 2 nitrogen and oxygen atoms in total. The van der Waals surface area contributed by atoms with Crippen LogP contribution in [-0.2, 0) is 4.79 Å². The number of anilines is 1. The molecule has 0 fully saturated rings. The van der Waals surface area contributed by atoms with Crippen molar-refractivity contribution < 1.29 is 4.79 Å². The lowest BCUT2D eigenvalue weighted by molar-refractivity contribution is -0.116. The molecule has 126 valence electrons. The van der Waals surface area contributed by atoms with E-state index in [4.69, 9.17) is 0 Å². The second kappa shape index (κ2) is 7.24. The first-order chi connectivity index (χ1) is 12.8. The normalized spacial score (nSPS) is 10.8. The van der Waals surface area contributed by atoms with Crippen LogP contribution < -0.4 is 5.32 Å². The SMILES string of the molecule is O=C(Nc1ccc2ccccc2c1)C(c1ccccc1)c1ccccc1. The van der Waals surface area contributed by atoms with Gasteiger partial charge in [0.15, 0.2) is 0 Å². The van der Waals surface area contributed by atoms with Crippen molar-refractivity contribution in [3.8, 4) is 0 Å². The van der Waals surface area contributed by atoms with E-state index in [2.05, 4.69) is 17.4 Å². The summed E-state index contributed by atoms with van der Waals surface area (Å²) in [6.45, 7) is 0. The Bertz CT molecular complexity index is 986. The first-order valence-electron chi connectivity index (χ1n) is 8.71. The van der Waals surface area contributed by atoms with Crippen molar-refractivity contribution >= 4 is 22.4 Å². The van der Waals surface area contributed by atoms with E-state index in [1.807, 2.05) is 91.0 Å². The summed E-state index contributed by atoms with van der Waals surface area (Å²) in [6, 6.07) is 33.9. The number of rotatable bonds is 4. The van der Waals surface area contributed by atoms with Crippen LogP contribution in [0, 0.1) is 0 Å². The third-order valence-corrected chi connectivity index (χ3v) is 4.55. The van der Waals surface area contributed by atoms with E-state index >= 15 is 0 Å². The van der Waals surface area contributed by atoms with Gasteiger partial charge in [-0.25, -0.2) is 0 Å². The number of amides is 1. The van der Waals surface area contributed by atoms with Crippen LogP contribution >= 0.6 is 0 Å². The Labute approximate surface area is 153 Å². The molecule has 1 N–H and O–H groups in total. The van der Waals surface area contributed by atoms with Crippen LogP contribution in [0.3, 0.4) is 0 Å². The van der Waals surface area contributed by atoms with Crippen molar-refractivity contribution in [2.75, 3.05) is 5.32 Å². The van der Waals surface area contributed by atoms with Gasteiger partial charge in [0.2, 0.25) is 5.91 Å². The fourth-order valence-corrected chi connectivity index (χ4v) is 3.27.